The first-order chi connectivity index (χ1) is 9.95. The maximum absolute atomic E-state index is 12.1. The van der Waals surface area contributed by atoms with Crippen LogP contribution >= 0.6 is 0 Å². The van der Waals surface area contributed by atoms with Gasteiger partial charge in [-0.2, -0.15) is 0 Å². The quantitative estimate of drug-likeness (QED) is 0.479. The second-order valence-corrected chi connectivity index (χ2v) is 4.84. The van der Waals surface area contributed by atoms with Crippen LogP contribution in [0.3, 0.4) is 0 Å². The van der Waals surface area contributed by atoms with E-state index in [0.29, 0.717) is 11.3 Å². The minimum atomic E-state index is -0.517. The van der Waals surface area contributed by atoms with Crippen molar-refractivity contribution in [2.45, 2.75) is 20.3 Å². The lowest BCUT2D eigenvalue weighted by molar-refractivity contribution is -0.385. The summed E-state index contributed by atoms with van der Waals surface area (Å²) in [4.78, 5) is 35.7. The van der Waals surface area contributed by atoms with Crippen molar-refractivity contribution in [3.63, 3.8) is 0 Å². The van der Waals surface area contributed by atoms with Crippen molar-refractivity contribution >= 4 is 23.3 Å². The second kappa shape index (κ2) is 5.90. The van der Waals surface area contributed by atoms with Gasteiger partial charge in [0, 0.05) is 19.0 Å². The number of nitro benzene ring substituents is 1. The molecular formula is C14H16N2O5. The van der Waals surface area contributed by atoms with Crippen molar-refractivity contribution in [3.8, 4) is 0 Å². The van der Waals surface area contributed by atoms with E-state index in [4.69, 9.17) is 4.74 Å². The van der Waals surface area contributed by atoms with Gasteiger partial charge in [0.25, 0.3) is 5.69 Å². The molecule has 0 spiro atoms. The molecule has 1 atom stereocenters. The van der Waals surface area contributed by atoms with Gasteiger partial charge in [0.15, 0.2) is 0 Å². The lowest BCUT2D eigenvalue weighted by atomic mass is 10.1. The van der Waals surface area contributed by atoms with Crippen molar-refractivity contribution in [2.75, 3.05) is 18.1 Å². The van der Waals surface area contributed by atoms with Crippen LogP contribution in [0, 0.1) is 23.0 Å². The molecule has 2 rings (SSSR count). The highest BCUT2D eigenvalue weighted by atomic mass is 16.6. The molecule has 1 saturated heterocycles. The number of benzene rings is 1. The molecule has 1 aliphatic heterocycles. The topological polar surface area (TPSA) is 89.8 Å². The molecule has 1 aromatic rings. The number of esters is 1. The highest BCUT2D eigenvalue weighted by molar-refractivity contribution is 6.00. The molecule has 0 aromatic heterocycles. The third kappa shape index (κ3) is 2.86. The monoisotopic (exact) mass is 292 g/mol. The third-order valence-corrected chi connectivity index (χ3v) is 3.51. The minimum absolute atomic E-state index is 0.0418. The number of anilines is 1. The molecule has 21 heavy (non-hydrogen) atoms. The van der Waals surface area contributed by atoms with Crippen LogP contribution < -0.4 is 4.90 Å². The van der Waals surface area contributed by atoms with Gasteiger partial charge in [-0.15, -0.1) is 0 Å². The van der Waals surface area contributed by atoms with Crippen LogP contribution in [0.4, 0.5) is 11.4 Å². The van der Waals surface area contributed by atoms with Gasteiger partial charge in [0.05, 0.1) is 28.7 Å². The predicted molar refractivity (Wildman–Crippen MR) is 74.9 cm³/mol. The number of nitrogens with zero attached hydrogens (tertiary/aromatic N) is 2. The fourth-order valence-electron chi connectivity index (χ4n) is 2.46. The molecule has 1 aliphatic rings. The zero-order valence-electron chi connectivity index (χ0n) is 11.9. The van der Waals surface area contributed by atoms with Crippen molar-refractivity contribution in [2.24, 2.45) is 5.92 Å². The lowest BCUT2D eigenvalue weighted by Crippen LogP contribution is -2.27. The Labute approximate surface area is 121 Å². The van der Waals surface area contributed by atoms with E-state index in [0.717, 1.165) is 0 Å². The smallest absolute Gasteiger partial charge is 0.311 e. The minimum Gasteiger partial charge on any atom is -0.466 e. The first-order valence-corrected chi connectivity index (χ1v) is 6.66. The van der Waals surface area contributed by atoms with Gasteiger partial charge in [0.2, 0.25) is 5.91 Å². The molecule has 0 bridgehead atoms. The first kappa shape index (κ1) is 15.0. The van der Waals surface area contributed by atoms with E-state index in [1.807, 2.05) is 0 Å². The Morgan fingerprint density at radius 2 is 2.24 bits per heavy atom. The summed E-state index contributed by atoms with van der Waals surface area (Å²) in [5, 5.41) is 11.0. The van der Waals surface area contributed by atoms with E-state index < -0.39 is 16.8 Å². The summed E-state index contributed by atoms with van der Waals surface area (Å²) in [6.07, 6.45) is 0.0704. The lowest BCUT2D eigenvalue weighted by Gasteiger charge is -2.18. The number of nitro groups is 1. The zero-order valence-corrected chi connectivity index (χ0v) is 11.9. The molecule has 1 fully saturated rings. The van der Waals surface area contributed by atoms with Crippen molar-refractivity contribution in [1.82, 2.24) is 0 Å². The highest BCUT2D eigenvalue weighted by Gasteiger charge is 2.37. The van der Waals surface area contributed by atoms with Crippen LogP contribution in [0.2, 0.25) is 0 Å². The van der Waals surface area contributed by atoms with Crippen molar-refractivity contribution < 1.29 is 19.2 Å². The first-order valence-electron chi connectivity index (χ1n) is 6.66. The van der Waals surface area contributed by atoms with E-state index in [2.05, 4.69) is 0 Å². The average Bonchev–Trinajstić information content (AvgIpc) is 2.81. The van der Waals surface area contributed by atoms with Crippen LogP contribution in [-0.4, -0.2) is 30.0 Å². The number of hydrogen-bond donors (Lipinski definition) is 0. The Morgan fingerprint density at radius 1 is 1.52 bits per heavy atom. The molecule has 1 amide bonds. The SMILES string of the molecule is CCOC(=O)[C@@H]1CC(=O)N(c2cccc([N+](=O)[O-])c2C)C1. The van der Waals surface area contributed by atoms with Gasteiger partial charge in [-0.05, 0) is 19.9 Å². The maximum atomic E-state index is 12.1. The molecule has 1 heterocycles. The summed E-state index contributed by atoms with van der Waals surface area (Å²) in [5.74, 6) is -1.15. The zero-order chi connectivity index (χ0) is 15.6. The van der Waals surface area contributed by atoms with Gasteiger partial charge in [-0.3, -0.25) is 19.7 Å². The Hall–Kier alpha value is -2.44. The summed E-state index contributed by atoms with van der Waals surface area (Å²) in [6, 6.07) is 4.57. The number of amides is 1. The number of carbonyl (C=O) groups is 2. The average molecular weight is 292 g/mol. The van der Waals surface area contributed by atoms with Gasteiger partial charge < -0.3 is 9.64 Å². The van der Waals surface area contributed by atoms with E-state index in [1.165, 1.54) is 17.0 Å². The van der Waals surface area contributed by atoms with Crippen LogP contribution in [0.1, 0.15) is 18.9 Å². The van der Waals surface area contributed by atoms with Gasteiger partial charge in [-0.1, -0.05) is 6.07 Å². The normalized spacial score (nSPS) is 17.9. The van der Waals surface area contributed by atoms with Gasteiger partial charge >= 0.3 is 5.97 Å². The Balaban J connectivity index is 2.27. The van der Waals surface area contributed by atoms with E-state index in [-0.39, 0.29) is 31.2 Å². The van der Waals surface area contributed by atoms with Gasteiger partial charge in [-0.25, -0.2) is 0 Å². The fraction of sp³-hybridized carbons (Fsp3) is 0.429. The summed E-state index contributed by atoms with van der Waals surface area (Å²) in [7, 11) is 0. The molecular weight excluding hydrogens is 276 g/mol. The molecule has 0 aliphatic carbocycles. The maximum Gasteiger partial charge on any atom is 0.311 e. The molecule has 7 heteroatoms. The van der Waals surface area contributed by atoms with Crippen molar-refractivity contribution in [3.05, 3.63) is 33.9 Å². The van der Waals surface area contributed by atoms with Crippen LogP contribution in [-0.2, 0) is 14.3 Å². The highest BCUT2D eigenvalue weighted by Crippen LogP contribution is 2.32. The number of ether oxygens (including phenoxy) is 1. The summed E-state index contributed by atoms with van der Waals surface area (Å²) in [6.45, 7) is 3.76. The number of rotatable bonds is 4. The van der Waals surface area contributed by atoms with E-state index in [1.54, 1.807) is 19.9 Å². The van der Waals surface area contributed by atoms with Crippen LogP contribution in [0.15, 0.2) is 18.2 Å². The number of hydrogen-bond acceptors (Lipinski definition) is 5. The summed E-state index contributed by atoms with van der Waals surface area (Å²) >= 11 is 0. The predicted octanol–water partition coefficient (Wildman–Crippen LogP) is 1.82. The van der Waals surface area contributed by atoms with Crippen molar-refractivity contribution in [1.29, 1.82) is 0 Å². The largest absolute Gasteiger partial charge is 0.466 e. The third-order valence-electron chi connectivity index (χ3n) is 3.51. The number of carbonyl (C=O) groups excluding carboxylic acids is 2. The Morgan fingerprint density at radius 3 is 2.86 bits per heavy atom. The molecule has 0 unspecified atom stereocenters. The molecule has 0 radical (unpaired) electrons. The molecule has 0 N–H and O–H groups in total. The molecule has 7 nitrogen and oxygen atoms in total. The Bertz CT molecular complexity index is 599. The summed E-state index contributed by atoms with van der Waals surface area (Å²) < 4.78 is 4.92. The van der Waals surface area contributed by atoms with E-state index in [9.17, 15) is 19.7 Å². The second-order valence-electron chi connectivity index (χ2n) is 4.84. The molecule has 0 saturated carbocycles. The molecule has 1 aromatic carbocycles. The van der Waals surface area contributed by atoms with Gasteiger partial charge in [0.1, 0.15) is 0 Å². The summed E-state index contributed by atoms with van der Waals surface area (Å²) in [5.41, 5.74) is 0.848. The fourth-order valence-corrected chi connectivity index (χ4v) is 2.46. The van der Waals surface area contributed by atoms with E-state index >= 15 is 0 Å². The van der Waals surface area contributed by atoms with Crippen LogP contribution in [0.25, 0.3) is 0 Å². The standard InChI is InChI=1S/C14H16N2O5/c1-3-21-14(18)10-7-13(17)15(8-10)11-5-4-6-12(9(11)2)16(19)20/h4-6,10H,3,7-8H2,1-2H3/t10-/m1/s1. The van der Waals surface area contributed by atoms with Crippen LogP contribution in [0.5, 0.6) is 0 Å². The molecule has 112 valence electrons. The Kier molecular flexibility index (Phi) is 4.21.